The molecular formula is C18H23NO. The van der Waals surface area contributed by atoms with E-state index in [9.17, 15) is 0 Å². The SMILES string of the molecule is [2H]c1c([2H])c([2H])c(C(OC([2H])([2H])C([2H])([2H])N(C)C)c2ccccc2C)c([2H])c1[2H]. The van der Waals surface area contributed by atoms with E-state index in [0.29, 0.717) is 11.1 Å². The van der Waals surface area contributed by atoms with Crippen molar-refractivity contribution < 1.29 is 17.1 Å². The van der Waals surface area contributed by atoms with E-state index < -0.39 is 49.4 Å². The highest BCUT2D eigenvalue weighted by molar-refractivity contribution is 5.35. The topological polar surface area (TPSA) is 12.5 Å². The van der Waals surface area contributed by atoms with Gasteiger partial charge in [-0.05, 0) is 37.7 Å². The summed E-state index contributed by atoms with van der Waals surface area (Å²) in [5.74, 6) is 0. The minimum atomic E-state index is -2.87. The molecule has 0 fully saturated rings. The van der Waals surface area contributed by atoms with E-state index in [1.165, 1.54) is 14.1 Å². The highest BCUT2D eigenvalue weighted by Crippen LogP contribution is 2.28. The van der Waals surface area contributed by atoms with Gasteiger partial charge in [0.15, 0.2) is 0 Å². The predicted octanol–water partition coefficient (Wildman–Crippen LogP) is 3.66. The van der Waals surface area contributed by atoms with Gasteiger partial charge in [-0.2, -0.15) is 0 Å². The Bertz CT molecular complexity index is 885. The molecule has 106 valence electrons. The molecular weight excluding hydrogens is 246 g/mol. The monoisotopic (exact) mass is 278 g/mol. The molecule has 1 unspecified atom stereocenters. The van der Waals surface area contributed by atoms with Crippen LogP contribution < -0.4 is 0 Å². The van der Waals surface area contributed by atoms with Gasteiger partial charge in [0, 0.05) is 9.24 Å². The molecule has 0 saturated carbocycles. The van der Waals surface area contributed by atoms with Crippen LogP contribution in [0.1, 0.15) is 35.1 Å². The van der Waals surface area contributed by atoms with Gasteiger partial charge in [0.2, 0.25) is 0 Å². The molecule has 20 heavy (non-hydrogen) atoms. The summed E-state index contributed by atoms with van der Waals surface area (Å²) < 4.78 is 78.3. The maximum absolute atomic E-state index is 8.25. The van der Waals surface area contributed by atoms with E-state index >= 15 is 0 Å². The molecule has 0 aliphatic carbocycles. The van der Waals surface area contributed by atoms with Crippen LogP contribution in [0.15, 0.2) is 54.5 Å². The van der Waals surface area contributed by atoms with Crippen molar-refractivity contribution in [2.45, 2.75) is 13.0 Å². The first-order valence-electron chi connectivity index (χ1n) is 10.7. The number of likely N-dealkylation sites (N-methyl/N-ethyl adjacent to an activating group) is 1. The van der Waals surface area contributed by atoms with Gasteiger partial charge in [-0.1, -0.05) is 54.5 Å². The van der Waals surface area contributed by atoms with Crippen molar-refractivity contribution in [1.82, 2.24) is 4.90 Å². The van der Waals surface area contributed by atoms with E-state index in [1.54, 1.807) is 31.2 Å². The van der Waals surface area contributed by atoms with Crippen LogP contribution in [0.5, 0.6) is 0 Å². The van der Waals surface area contributed by atoms with Crippen molar-refractivity contribution in [3.8, 4) is 0 Å². The van der Waals surface area contributed by atoms with Crippen LogP contribution >= 0.6 is 0 Å². The summed E-state index contributed by atoms with van der Waals surface area (Å²) in [5, 5.41) is 0. The molecule has 0 spiro atoms. The van der Waals surface area contributed by atoms with Gasteiger partial charge in [0.1, 0.15) is 6.10 Å². The number of rotatable bonds is 6. The van der Waals surface area contributed by atoms with Crippen LogP contribution in [0.25, 0.3) is 0 Å². The summed E-state index contributed by atoms with van der Waals surface area (Å²) in [6.07, 6.45) is -1.42. The lowest BCUT2D eigenvalue weighted by molar-refractivity contribution is 0.0683. The average Bonchev–Trinajstić information content (AvgIpc) is 2.64. The number of nitrogens with zero attached hydrogens (tertiary/aromatic N) is 1. The Labute approximate surface area is 134 Å². The molecule has 2 nitrogen and oxygen atoms in total. The lowest BCUT2D eigenvalue weighted by atomic mass is 9.97. The second-order valence-corrected chi connectivity index (χ2v) is 4.50. The van der Waals surface area contributed by atoms with E-state index in [4.69, 9.17) is 17.1 Å². The molecule has 0 radical (unpaired) electrons. The van der Waals surface area contributed by atoms with Crippen molar-refractivity contribution in [2.75, 3.05) is 27.2 Å². The fraction of sp³-hybridized carbons (Fsp3) is 0.333. The second-order valence-electron chi connectivity index (χ2n) is 4.50. The molecule has 2 rings (SSSR count). The van der Waals surface area contributed by atoms with Crippen LogP contribution in [0.2, 0.25) is 0 Å². The first-order valence-corrected chi connectivity index (χ1v) is 6.21. The average molecular weight is 278 g/mol. The number of hydrogen-bond acceptors (Lipinski definition) is 2. The highest BCUT2D eigenvalue weighted by Gasteiger charge is 2.16. The van der Waals surface area contributed by atoms with Crippen LogP contribution in [0.3, 0.4) is 0 Å². The summed E-state index contributed by atoms with van der Waals surface area (Å²) in [6.45, 7) is -3.70. The number of aryl methyl sites for hydroxylation is 1. The Hall–Kier alpha value is -1.64. The Morgan fingerprint density at radius 2 is 1.90 bits per heavy atom. The molecule has 0 aliphatic rings. The zero-order valence-corrected chi connectivity index (χ0v) is 11.7. The maximum atomic E-state index is 8.25. The molecule has 0 N–H and O–H groups in total. The Morgan fingerprint density at radius 1 is 1.20 bits per heavy atom. The fourth-order valence-corrected chi connectivity index (χ4v) is 1.73. The zero-order chi connectivity index (χ0) is 22.3. The van der Waals surface area contributed by atoms with Gasteiger partial charge in [-0.3, -0.25) is 0 Å². The normalized spacial score (nSPS) is 20.5. The predicted molar refractivity (Wildman–Crippen MR) is 84.0 cm³/mol. The zero-order valence-electron chi connectivity index (χ0n) is 20.7. The van der Waals surface area contributed by atoms with Crippen LogP contribution in [0, 0.1) is 6.92 Å². The van der Waals surface area contributed by atoms with Gasteiger partial charge in [-0.15, -0.1) is 0 Å². The van der Waals surface area contributed by atoms with Crippen molar-refractivity contribution in [3.05, 3.63) is 71.2 Å². The minimum absolute atomic E-state index is 0.247. The van der Waals surface area contributed by atoms with Crippen molar-refractivity contribution >= 4 is 0 Å². The summed E-state index contributed by atoms with van der Waals surface area (Å²) in [6, 6.07) is 3.96. The molecule has 0 amide bonds. The molecule has 0 saturated heterocycles. The first kappa shape index (κ1) is 6.88. The molecule has 2 aromatic carbocycles. The second kappa shape index (κ2) is 7.22. The maximum Gasteiger partial charge on any atom is 0.108 e. The van der Waals surface area contributed by atoms with E-state index in [2.05, 4.69) is 0 Å². The molecule has 2 aromatic rings. The molecule has 0 aromatic heterocycles. The Morgan fingerprint density at radius 3 is 2.55 bits per heavy atom. The first-order chi connectivity index (χ1) is 13.2. The third kappa shape index (κ3) is 3.92. The number of ether oxygens (including phenoxy) is 1. The van der Waals surface area contributed by atoms with Gasteiger partial charge < -0.3 is 9.64 Å². The van der Waals surface area contributed by atoms with Crippen LogP contribution in [-0.2, 0) is 4.74 Å². The lowest BCUT2D eigenvalue weighted by Gasteiger charge is -2.22. The highest BCUT2D eigenvalue weighted by atomic mass is 16.5. The third-order valence-electron chi connectivity index (χ3n) is 2.70. The van der Waals surface area contributed by atoms with Crippen LogP contribution in [-0.4, -0.2) is 32.1 Å². The largest absolute Gasteiger partial charge is 0.367 e. The van der Waals surface area contributed by atoms with Crippen molar-refractivity contribution in [3.63, 3.8) is 0 Å². The van der Waals surface area contributed by atoms with E-state index in [-0.39, 0.29) is 5.56 Å². The quantitative estimate of drug-likeness (QED) is 0.799. The summed E-state index contributed by atoms with van der Waals surface area (Å²) in [4.78, 5) is 1.02. The Balaban J connectivity index is 2.78. The van der Waals surface area contributed by atoms with Gasteiger partial charge in [-0.25, -0.2) is 0 Å². The molecule has 0 heterocycles. The van der Waals surface area contributed by atoms with Crippen molar-refractivity contribution in [2.24, 2.45) is 0 Å². The summed E-state index contributed by atoms with van der Waals surface area (Å²) in [5.41, 5.74) is 0.777. The Kier molecular flexibility index (Phi) is 2.49. The van der Waals surface area contributed by atoms with E-state index in [0.717, 1.165) is 4.90 Å². The van der Waals surface area contributed by atoms with Crippen LogP contribution in [0.4, 0.5) is 0 Å². The number of hydrogen-bond donors (Lipinski definition) is 0. The standard InChI is InChI=1S/C18H23NO/c1-15-9-7-8-12-17(15)18(20-14-13-19(2)3)16-10-5-4-6-11-16/h4-12,18H,13-14H2,1-3H3/i4D,5D,6D,10D,11D,13D2,14D2. The van der Waals surface area contributed by atoms with E-state index in [1.807, 2.05) is 0 Å². The summed E-state index contributed by atoms with van der Waals surface area (Å²) in [7, 11) is 2.71. The van der Waals surface area contributed by atoms with Crippen molar-refractivity contribution in [1.29, 1.82) is 0 Å². The molecule has 2 heteroatoms. The van der Waals surface area contributed by atoms with Gasteiger partial charge >= 0.3 is 0 Å². The minimum Gasteiger partial charge on any atom is -0.367 e. The third-order valence-corrected chi connectivity index (χ3v) is 2.70. The van der Waals surface area contributed by atoms with Gasteiger partial charge in [0.05, 0.1) is 16.2 Å². The number of benzene rings is 2. The smallest absolute Gasteiger partial charge is 0.108 e. The fourth-order valence-electron chi connectivity index (χ4n) is 1.73. The molecule has 0 bridgehead atoms. The molecule has 1 atom stereocenters. The molecule has 0 aliphatic heterocycles. The van der Waals surface area contributed by atoms with Gasteiger partial charge in [0.25, 0.3) is 0 Å². The summed E-state index contributed by atoms with van der Waals surface area (Å²) >= 11 is 0. The lowest BCUT2D eigenvalue weighted by Crippen LogP contribution is -2.20.